The molecule has 0 aliphatic heterocycles. The van der Waals surface area contributed by atoms with E-state index in [1.165, 1.54) is 0 Å². The predicted molar refractivity (Wildman–Crippen MR) is 59.5 cm³/mol. The molecule has 15 heavy (non-hydrogen) atoms. The first-order valence-electron chi connectivity index (χ1n) is 5.71. The summed E-state index contributed by atoms with van der Waals surface area (Å²) in [6.07, 6.45) is 2.01. The van der Waals surface area contributed by atoms with E-state index in [2.05, 4.69) is 13.8 Å². The van der Waals surface area contributed by atoms with E-state index in [1.54, 1.807) is 6.92 Å². The van der Waals surface area contributed by atoms with E-state index in [1.807, 2.05) is 6.92 Å². The summed E-state index contributed by atoms with van der Waals surface area (Å²) in [5.74, 6) is -0.112. The monoisotopic (exact) mass is 214 g/mol. The minimum atomic E-state index is -0.405. The van der Waals surface area contributed by atoms with E-state index in [0.717, 1.165) is 12.8 Å². The van der Waals surface area contributed by atoms with Gasteiger partial charge >= 0.3 is 5.97 Å². The van der Waals surface area contributed by atoms with Crippen molar-refractivity contribution in [1.82, 2.24) is 0 Å². The van der Waals surface area contributed by atoms with Gasteiger partial charge in [-0.15, -0.1) is 0 Å². The molecule has 3 nitrogen and oxygen atoms in total. The highest BCUT2D eigenvalue weighted by molar-refractivity contribution is 5.96. The maximum atomic E-state index is 11.6. The Morgan fingerprint density at radius 2 is 1.80 bits per heavy atom. The van der Waals surface area contributed by atoms with E-state index in [0.29, 0.717) is 12.5 Å². The molecule has 88 valence electrons. The molecule has 0 saturated carbocycles. The van der Waals surface area contributed by atoms with Crippen LogP contribution in [0.4, 0.5) is 0 Å². The van der Waals surface area contributed by atoms with Gasteiger partial charge in [0, 0.05) is 5.92 Å². The van der Waals surface area contributed by atoms with Gasteiger partial charge in [-0.25, -0.2) is 0 Å². The molecule has 0 aromatic rings. The number of hydrogen-bond donors (Lipinski definition) is 0. The third-order valence-electron chi connectivity index (χ3n) is 2.73. The Balaban J connectivity index is 4.03. The van der Waals surface area contributed by atoms with Crippen LogP contribution in [0.2, 0.25) is 0 Å². The highest BCUT2D eigenvalue weighted by Crippen LogP contribution is 2.18. The van der Waals surface area contributed by atoms with Crippen molar-refractivity contribution in [3.8, 4) is 0 Å². The summed E-state index contributed by atoms with van der Waals surface area (Å²) in [6.45, 7) is 8.12. The largest absolute Gasteiger partial charge is 0.466 e. The Labute approximate surface area is 92.2 Å². The third-order valence-corrected chi connectivity index (χ3v) is 2.73. The molecule has 0 fully saturated rings. The zero-order chi connectivity index (χ0) is 11.8. The molecule has 0 heterocycles. The number of esters is 1. The van der Waals surface area contributed by atoms with Crippen molar-refractivity contribution in [3.63, 3.8) is 0 Å². The average molecular weight is 214 g/mol. The SMILES string of the molecule is CCCC(C)C(C)C(=O)CC(=O)OCC. The molecule has 3 heteroatoms. The Morgan fingerprint density at radius 1 is 1.20 bits per heavy atom. The Hall–Kier alpha value is -0.860. The van der Waals surface area contributed by atoms with Crippen LogP contribution in [-0.4, -0.2) is 18.4 Å². The lowest BCUT2D eigenvalue weighted by Crippen LogP contribution is -2.22. The number of carbonyl (C=O) groups excluding carboxylic acids is 2. The molecule has 0 aromatic carbocycles. The second-order valence-electron chi connectivity index (χ2n) is 4.00. The summed E-state index contributed by atoms with van der Waals surface area (Å²) < 4.78 is 4.74. The number of carbonyl (C=O) groups is 2. The third kappa shape index (κ3) is 5.55. The van der Waals surface area contributed by atoms with Gasteiger partial charge in [0.15, 0.2) is 0 Å². The summed E-state index contributed by atoms with van der Waals surface area (Å²) in [5, 5.41) is 0. The fourth-order valence-electron chi connectivity index (χ4n) is 1.54. The van der Waals surface area contributed by atoms with Crippen molar-refractivity contribution >= 4 is 11.8 Å². The molecule has 0 bridgehead atoms. The maximum absolute atomic E-state index is 11.6. The van der Waals surface area contributed by atoms with Gasteiger partial charge in [0.2, 0.25) is 0 Å². The molecule has 0 aliphatic rings. The molecule has 0 aromatic heterocycles. The topological polar surface area (TPSA) is 43.4 Å². The second-order valence-corrected chi connectivity index (χ2v) is 4.00. The van der Waals surface area contributed by atoms with Gasteiger partial charge < -0.3 is 4.74 Å². The fraction of sp³-hybridized carbons (Fsp3) is 0.833. The van der Waals surface area contributed by atoms with Crippen LogP contribution < -0.4 is 0 Å². The molecular formula is C12H22O3. The number of Topliss-reactive ketones (excluding diaryl/α,β-unsaturated/α-hetero) is 1. The van der Waals surface area contributed by atoms with Crippen LogP contribution in [-0.2, 0) is 14.3 Å². The van der Waals surface area contributed by atoms with Gasteiger partial charge in [-0.3, -0.25) is 9.59 Å². The molecule has 2 unspecified atom stereocenters. The summed E-state index contributed by atoms with van der Waals surface area (Å²) >= 11 is 0. The fourth-order valence-corrected chi connectivity index (χ4v) is 1.54. The zero-order valence-corrected chi connectivity index (χ0v) is 10.2. The lowest BCUT2D eigenvalue weighted by atomic mass is 9.87. The van der Waals surface area contributed by atoms with Gasteiger partial charge in [-0.2, -0.15) is 0 Å². The van der Waals surface area contributed by atoms with E-state index >= 15 is 0 Å². The van der Waals surface area contributed by atoms with Crippen LogP contribution in [0.3, 0.4) is 0 Å². The molecule has 0 spiro atoms. The first kappa shape index (κ1) is 14.1. The molecule has 2 atom stereocenters. The van der Waals surface area contributed by atoms with Crippen molar-refractivity contribution < 1.29 is 14.3 Å². The summed E-state index contributed by atoms with van der Waals surface area (Å²) in [4.78, 5) is 22.7. The van der Waals surface area contributed by atoms with Crippen LogP contribution in [0.15, 0.2) is 0 Å². The summed E-state index contributed by atoms with van der Waals surface area (Å²) in [7, 11) is 0. The van der Waals surface area contributed by atoms with E-state index in [4.69, 9.17) is 4.74 Å². The summed E-state index contributed by atoms with van der Waals surface area (Å²) in [5.41, 5.74) is 0. The lowest BCUT2D eigenvalue weighted by Gasteiger charge is -2.17. The van der Waals surface area contributed by atoms with Crippen molar-refractivity contribution in [2.75, 3.05) is 6.61 Å². The normalized spacial score (nSPS) is 14.4. The quantitative estimate of drug-likeness (QED) is 0.483. The number of rotatable bonds is 7. The van der Waals surface area contributed by atoms with Crippen LogP contribution in [0.1, 0.15) is 47.0 Å². The second kappa shape index (κ2) is 7.43. The van der Waals surface area contributed by atoms with Crippen molar-refractivity contribution in [3.05, 3.63) is 0 Å². The van der Waals surface area contributed by atoms with Gasteiger partial charge in [-0.1, -0.05) is 33.6 Å². The first-order chi connectivity index (χ1) is 7.02. The molecule has 0 rings (SSSR count). The van der Waals surface area contributed by atoms with E-state index in [-0.39, 0.29) is 18.1 Å². The average Bonchev–Trinajstić information content (AvgIpc) is 2.17. The molecular weight excluding hydrogens is 192 g/mol. The molecule has 0 aliphatic carbocycles. The zero-order valence-electron chi connectivity index (χ0n) is 10.2. The predicted octanol–water partition coefficient (Wildman–Crippen LogP) is 2.58. The molecule has 0 radical (unpaired) electrons. The number of ketones is 1. The van der Waals surface area contributed by atoms with Gasteiger partial charge in [0.25, 0.3) is 0 Å². The Morgan fingerprint density at radius 3 is 2.27 bits per heavy atom. The van der Waals surface area contributed by atoms with Gasteiger partial charge in [0.1, 0.15) is 12.2 Å². The minimum Gasteiger partial charge on any atom is -0.466 e. The highest BCUT2D eigenvalue weighted by Gasteiger charge is 2.22. The Kier molecular flexibility index (Phi) is 7.01. The van der Waals surface area contributed by atoms with Crippen LogP contribution in [0.25, 0.3) is 0 Å². The van der Waals surface area contributed by atoms with Crippen molar-refractivity contribution in [1.29, 1.82) is 0 Å². The van der Waals surface area contributed by atoms with Crippen LogP contribution in [0.5, 0.6) is 0 Å². The van der Waals surface area contributed by atoms with Crippen molar-refractivity contribution in [2.24, 2.45) is 11.8 Å². The summed E-state index contributed by atoms with van der Waals surface area (Å²) in [6, 6.07) is 0. The smallest absolute Gasteiger partial charge is 0.313 e. The molecule has 0 amide bonds. The molecule has 0 saturated heterocycles. The molecule has 0 N–H and O–H groups in total. The first-order valence-corrected chi connectivity index (χ1v) is 5.71. The van der Waals surface area contributed by atoms with Gasteiger partial charge in [0.05, 0.1) is 6.61 Å². The maximum Gasteiger partial charge on any atom is 0.313 e. The Bertz CT molecular complexity index is 211. The van der Waals surface area contributed by atoms with Crippen LogP contribution in [0, 0.1) is 11.8 Å². The lowest BCUT2D eigenvalue weighted by molar-refractivity contribution is -0.146. The number of hydrogen-bond acceptors (Lipinski definition) is 3. The minimum absolute atomic E-state index is 0.00519. The highest BCUT2D eigenvalue weighted by atomic mass is 16.5. The number of ether oxygens (including phenoxy) is 1. The van der Waals surface area contributed by atoms with Gasteiger partial charge in [-0.05, 0) is 12.8 Å². The van der Waals surface area contributed by atoms with Crippen molar-refractivity contribution in [2.45, 2.75) is 47.0 Å². The van der Waals surface area contributed by atoms with E-state index < -0.39 is 5.97 Å². The van der Waals surface area contributed by atoms with E-state index in [9.17, 15) is 9.59 Å². The van der Waals surface area contributed by atoms with Crippen LogP contribution >= 0.6 is 0 Å². The standard InChI is InChI=1S/C12H22O3/c1-5-7-9(3)10(4)11(13)8-12(14)15-6-2/h9-10H,5-8H2,1-4H3.